The molecule has 0 spiro atoms. The van der Waals surface area contributed by atoms with Gasteiger partial charge in [0.05, 0.1) is 0 Å². The normalized spacial score (nSPS) is 12.7. The maximum absolute atomic E-state index is 12.5. The number of benzene rings is 2. The Morgan fingerprint density at radius 1 is 1.03 bits per heavy atom. The van der Waals surface area contributed by atoms with Crippen LogP contribution < -0.4 is 4.90 Å². The largest absolute Gasteiger partial charge is 0.387 e. The van der Waals surface area contributed by atoms with Crippen LogP contribution in [-0.2, 0) is 17.6 Å². The topological polar surface area (TPSA) is 70.5 Å². The molecule has 1 aliphatic heterocycles. The molecule has 5 nitrogen and oxygen atoms in total. The van der Waals surface area contributed by atoms with E-state index in [-0.39, 0.29) is 11.7 Å². The van der Waals surface area contributed by atoms with E-state index in [0.717, 1.165) is 34.4 Å². The van der Waals surface area contributed by atoms with Gasteiger partial charge in [-0.05, 0) is 53.3 Å². The first kappa shape index (κ1) is 19.0. The molecule has 0 atom stereocenters. The number of carbonyl (C=O) groups is 2. The lowest BCUT2D eigenvalue weighted by Gasteiger charge is -2.16. The molecule has 0 aliphatic carbocycles. The predicted octanol–water partition coefficient (Wildman–Crippen LogP) is 3.45. The second kappa shape index (κ2) is 8.37. The van der Waals surface area contributed by atoms with E-state index in [1.807, 2.05) is 48.5 Å². The molecule has 4 rings (SSSR count). The van der Waals surface area contributed by atoms with Crippen LogP contribution in [-0.4, -0.2) is 34.9 Å². The number of rotatable bonds is 6. The molecule has 5 heteroatoms. The van der Waals surface area contributed by atoms with Gasteiger partial charge in [0.25, 0.3) is 5.91 Å². The second-order valence-corrected chi connectivity index (χ2v) is 7.16. The number of hydrogen-bond acceptors (Lipinski definition) is 4. The summed E-state index contributed by atoms with van der Waals surface area (Å²) in [4.78, 5) is 30.0. The van der Waals surface area contributed by atoms with E-state index >= 15 is 0 Å². The fraction of sp³-hybridized carbons (Fsp3) is 0.208. The Kier molecular flexibility index (Phi) is 5.49. The summed E-state index contributed by atoms with van der Waals surface area (Å²) >= 11 is 0. The first-order chi connectivity index (χ1) is 14.2. The number of nitrogens with zero attached hydrogens (tertiary/aromatic N) is 2. The minimum absolute atomic E-state index is 0.118. The number of aliphatic hydroxyl groups excluding tert-OH is 1. The zero-order valence-electron chi connectivity index (χ0n) is 16.0. The summed E-state index contributed by atoms with van der Waals surface area (Å²) in [5.74, 6) is -0.154. The molecule has 1 aliphatic rings. The molecular formula is C24H22N2O3. The van der Waals surface area contributed by atoms with Crippen LogP contribution in [0.25, 0.3) is 11.1 Å². The summed E-state index contributed by atoms with van der Waals surface area (Å²) in [6.07, 6.45) is 5.44. The van der Waals surface area contributed by atoms with Crippen molar-refractivity contribution in [3.05, 3.63) is 83.7 Å². The van der Waals surface area contributed by atoms with E-state index < -0.39 is 6.61 Å². The van der Waals surface area contributed by atoms with Crippen molar-refractivity contribution in [3.8, 4) is 11.1 Å². The molecule has 0 unspecified atom stereocenters. The molecule has 0 radical (unpaired) electrons. The van der Waals surface area contributed by atoms with E-state index in [9.17, 15) is 9.59 Å². The predicted molar refractivity (Wildman–Crippen MR) is 112 cm³/mol. The maximum atomic E-state index is 12.5. The Balaban J connectivity index is 1.45. The van der Waals surface area contributed by atoms with Gasteiger partial charge >= 0.3 is 0 Å². The summed E-state index contributed by atoms with van der Waals surface area (Å²) in [7, 11) is 0. The number of aliphatic hydroxyl groups is 1. The smallest absolute Gasteiger partial charge is 0.252 e. The van der Waals surface area contributed by atoms with Crippen LogP contribution in [0.3, 0.4) is 0 Å². The number of aromatic nitrogens is 1. The minimum atomic E-state index is -0.475. The van der Waals surface area contributed by atoms with E-state index in [1.165, 1.54) is 0 Å². The van der Waals surface area contributed by atoms with Crippen molar-refractivity contribution in [1.29, 1.82) is 0 Å². The van der Waals surface area contributed by atoms with E-state index in [1.54, 1.807) is 17.3 Å². The van der Waals surface area contributed by atoms with Gasteiger partial charge in [0.15, 0.2) is 5.78 Å². The van der Waals surface area contributed by atoms with Gasteiger partial charge in [-0.2, -0.15) is 0 Å². The highest BCUT2D eigenvalue weighted by Gasteiger charge is 2.24. The SMILES string of the molecule is O=C(CCc1cccnc1)c1ccc(-c2ccc3c(c2)CCN3C(=O)CO)cc1. The molecule has 0 fully saturated rings. The van der Waals surface area contributed by atoms with Gasteiger partial charge in [-0.25, -0.2) is 0 Å². The Morgan fingerprint density at radius 3 is 2.55 bits per heavy atom. The average molecular weight is 386 g/mol. The first-order valence-corrected chi connectivity index (χ1v) is 9.72. The molecule has 1 N–H and O–H groups in total. The molecule has 3 aromatic rings. The van der Waals surface area contributed by atoms with Crippen molar-refractivity contribution in [1.82, 2.24) is 4.98 Å². The number of carbonyl (C=O) groups excluding carboxylic acids is 2. The van der Waals surface area contributed by atoms with Gasteiger partial charge in [0, 0.05) is 36.6 Å². The van der Waals surface area contributed by atoms with Gasteiger partial charge in [-0.1, -0.05) is 36.4 Å². The van der Waals surface area contributed by atoms with Crippen molar-refractivity contribution in [3.63, 3.8) is 0 Å². The third-order valence-corrected chi connectivity index (χ3v) is 5.32. The summed E-state index contributed by atoms with van der Waals surface area (Å²) in [6, 6.07) is 17.5. The molecule has 29 heavy (non-hydrogen) atoms. The number of fused-ring (bicyclic) bond motifs is 1. The van der Waals surface area contributed by atoms with Crippen LogP contribution in [0.5, 0.6) is 0 Å². The molecule has 1 amide bonds. The van der Waals surface area contributed by atoms with Crippen molar-refractivity contribution >= 4 is 17.4 Å². The van der Waals surface area contributed by atoms with Crippen LogP contribution >= 0.6 is 0 Å². The van der Waals surface area contributed by atoms with Gasteiger partial charge in [0.1, 0.15) is 6.61 Å². The van der Waals surface area contributed by atoms with Crippen molar-refractivity contribution < 1.29 is 14.7 Å². The molecular weight excluding hydrogens is 364 g/mol. The van der Waals surface area contributed by atoms with Gasteiger partial charge in [0.2, 0.25) is 0 Å². The molecule has 0 saturated carbocycles. The Hall–Kier alpha value is -3.31. The van der Waals surface area contributed by atoms with Crippen molar-refractivity contribution in [2.45, 2.75) is 19.3 Å². The van der Waals surface area contributed by atoms with E-state index in [2.05, 4.69) is 11.1 Å². The molecule has 2 aromatic carbocycles. The lowest BCUT2D eigenvalue weighted by Crippen LogP contribution is -2.31. The Labute approximate surface area is 169 Å². The fourth-order valence-electron chi connectivity index (χ4n) is 3.72. The van der Waals surface area contributed by atoms with Crippen LogP contribution in [0.4, 0.5) is 5.69 Å². The molecule has 0 saturated heterocycles. The molecule has 2 heterocycles. The van der Waals surface area contributed by atoms with Crippen molar-refractivity contribution in [2.75, 3.05) is 18.1 Å². The summed E-state index contributed by atoms with van der Waals surface area (Å²) in [5, 5.41) is 9.11. The average Bonchev–Trinajstić information content (AvgIpc) is 3.21. The maximum Gasteiger partial charge on any atom is 0.252 e. The van der Waals surface area contributed by atoms with Gasteiger partial charge < -0.3 is 10.0 Å². The number of Topliss-reactive ketones (excluding diaryl/α,β-unsaturated/α-hetero) is 1. The third kappa shape index (κ3) is 4.10. The third-order valence-electron chi connectivity index (χ3n) is 5.32. The van der Waals surface area contributed by atoms with Crippen LogP contribution in [0.1, 0.15) is 27.9 Å². The lowest BCUT2D eigenvalue weighted by atomic mass is 9.98. The van der Waals surface area contributed by atoms with Crippen molar-refractivity contribution in [2.24, 2.45) is 0 Å². The minimum Gasteiger partial charge on any atom is -0.387 e. The van der Waals surface area contributed by atoms with Crippen LogP contribution in [0, 0.1) is 0 Å². The zero-order chi connectivity index (χ0) is 20.2. The molecule has 146 valence electrons. The molecule has 0 bridgehead atoms. The number of ketones is 1. The molecule has 1 aromatic heterocycles. The first-order valence-electron chi connectivity index (χ1n) is 9.72. The quantitative estimate of drug-likeness (QED) is 0.659. The fourth-order valence-corrected chi connectivity index (χ4v) is 3.72. The van der Waals surface area contributed by atoms with Gasteiger partial charge in [-0.3, -0.25) is 14.6 Å². The summed E-state index contributed by atoms with van der Waals surface area (Å²) in [5.41, 5.74) is 5.82. The number of hydrogen-bond donors (Lipinski definition) is 1. The van der Waals surface area contributed by atoms with Gasteiger partial charge in [-0.15, -0.1) is 0 Å². The zero-order valence-corrected chi connectivity index (χ0v) is 16.0. The standard InChI is InChI=1S/C24H22N2O3/c27-16-24(29)26-13-11-21-14-20(8-9-22(21)26)18-4-6-19(7-5-18)23(28)10-3-17-2-1-12-25-15-17/h1-2,4-9,12,14-15,27H,3,10-11,13,16H2. The van der Waals surface area contributed by atoms with Crippen LogP contribution in [0.15, 0.2) is 67.0 Å². The number of amides is 1. The number of pyridine rings is 1. The lowest BCUT2D eigenvalue weighted by molar-refractivity contribution is -0.121. The van der Waals surface area contributed by atoms with E-state index in [0.29, 0.717) is 24.9 Å². The highest BCUT2D eigenvalue weighted by atomic mass is 16.3. The Morgan fingerprint density at radius 2 is 1.83 bits per heavy atom. The Bertz CT molecular complexity index is 1030. The second-order valence-electron chi connectivity index (χ2n) is 7.16. The number of anilines is 1. The summed E-state index contributed by atoms with van der Waals surface area (Å²) < 4.78 is 0. The highest BCUT2D eigenvalue weighted by Crippen LogP contribution is 2.32. The number of aryl methyl sites for hydroxylation is 1. The summed E-state index contributed by atoms with van der Waals surface area (Å²) in [6.45, 7) is 0.125. The highest BCUT2D eigenvalue weighted by molar-refractivity contribution is 5.97. The monoisotopic (exact) mass is 386 g/mol. The van der Waals surface area contributed by atoms with E-state index in [4.69, 9.17) is 5.11 Å². The van der Waals surface area contributed by atoms with Crippen LogP contribution in [0.2, 0.25) is 0 Å².